The summed E-state index contributed by atoms with van der Waals surface area (Å²) in [6.45, 7) is 8.00. The molecule has 0 aromatic rings. The van der Waals surface area contributed by atoms with E-state index in [2.05, 4.69) is 0 Å². The molecule has 0 saturated heterocycles. The van der Waals surface area contributed by atoms with E-state index >= 15 is 0 Å². The third-order valence-electron chi connectivity index (χ3n) is 0. The second kappa shape index (κ2) is 76.3. The summed E-state index contributed by atoms with van der Waals surface area (Å²) in [5.74, 6) is 0. The average molecular weight is 284 g/mol. The molecular weight excluding hydrogens is 269 g/mol. The van der Waals surface area contributed by atoms with Gasteiger partial charge in [-0.1, -0.05) is 27.7 Å². The monoisotopic (exact) mass is 284 g/mol. The fourth-order valence-corrected chi connectivity index (χ4v) is 0. The van der Waals surface area contributed by atoms with Crippen molar-refractivity contribution in [1.82, 2.24) is 0 Å². The summed E-state index contributed by atoms with van der Waals surface area (Å²) in [7, 11) is 0. The molecule has 0 atom stereocenters. The predicted octanol–water partition coefficient (Wildman–Crippen LogP) is 2.50. The summed E-state index contributed by atoms with van der Waals surface area (Å²) in [5, 5.41) is 0. The molecule has 0 aliphatic rings. The van der Waals surface area contributed by atoms with E-state index in [1.165, 1.54) is 0 Å². The van der Waals surface area contributed by atoms with Crippen LogP contribution in [-0.4, -0.2) is 0 Å². The van der Waals surface area contributed by atoms with Crippen LogP contribution in [-0.2, 0) is 32.7 Å². The normalized spacial score (nSPS) is 1.33. The first-order valence-electron chi connectivity index (χ1n) is 2.00. The maximum Gasteiger partial charge on any atom is 0 e. The van der Waals surface area contributed by atoms with E-state index in [1.54, 1.807) is 0 Å². The molecule has 4 heteroatoms. The second-order valence-electron chi connectivity index (χ2n) is 0. The van der Waals surface area contributed by atoms with Crippen LogP contribution in [0.3, 0.4) is 0 Å². The van der Waals surface area contributed by atoms with E-state index in [-0.39, 0.29) is 153 Å². The third kappa shape index (κ3) is 64.0. The Bertz CT molecular complexity index is 12.2. The first-order chi connectivity index (χ1) is 2.00. The van der Waals surface area contributed by atoms with E-state index in [1.807, 2.05) is 27.7 Å². The molecule has 0 aromatic heterocycles. The smallest absolute Gasteiger partial charge is 0 e. The largest absolute Gasteiger partial charge is 0.358 e. The summed E-state index contributed by atoms with van der Waals surface area (Å²) in [6, 6.07) is 0. The van der Waals surface area contributed by atoms with E-state index in [0.29, 0.717) is 0 Å². The summed E-state index contributed by atoms with van der Waals surface area (Å²) in [4.78, 5) is 0. The zero-order valence-corrected chi connectivity index (χ0v) is 11.6. The Hall–Kier alpha value is 4.88. The summed E-state index contributed by atoms with van der Waals surface area (Å²) >= 11 is 0. The Balaban J connectivity index is -0.00000000114. The van der Waals surface area contributed by atoms with Gasteiger partial charge in [0.15, 0.2) is 0 Å². The molecule has 0 unspecified atom stereocenters. The Morgan fingerprint density at radius 3 is 0.556 bits per heavy atom. The van der Waals surface area contributed by atoms with Crippen LogP contribution in [0.5, 0.6) is 0 Å². The van der Waals surface area contributed by atoms with Crippen LogP contribution in [0.15, 0.2) is 0 Å². The van der Waals surface area contributed by atoms with Crippen molar-refractivity contribution >= 4 is 0 Å². The molecule has 0 spiro atoms. The molecule has 0 amide bonds. The van der Waals surface area contributed by atoms with Gasteiger partial charge in [-0.15, -0.1) is 0 Å². The fraction of sp³-hybridized carbons (Fsp3) is 0.800. The molecule has 63 valence electrons. The molecule has 1 radical (unpaired) electrons. The minimum Gasteiger partial charge on any atom is -0.358 e. The Morgan fingerprint density at radius 1 is 0.556 bits per heavy atom. The maximum absolute atomic E-state index is 2.00. The Kier molecular flexibility index (Phi) is 412. The van der Waals surface area contributed by atoms with Gasteiger partial charge in [0.2, 0.25) is 0 Å². The van der Waals surface area contributed by atoms with Crippen molar-refractivity contribution < 1.29 is 146 Å². The molecule has 0 saturated carbocycles. The van der Waals surface area contributed by atoms with Gasteiger partial charge in [0.25, 0.3) is 0 Å². The minimum absolute atomic E-state index is 0. The standard InChI is InChI=1S/2C2H6.CH3.3Ar.Y/c2*1-2;;;;;/h2*1-2H3;1H3;;;;/q;;-1;;;;. The van der Waals surface area contributed by atoms with Crippen molar-refractivity contribution in [1.29, 1.82) is 0 Å². The van der Waals surface area contributed by atoms with Gasteiger partial charge in [-0.25, -0.2) is 0 Å². The first kappa shape index (κ1) is 48.6. The van der Waals surface area contributed by atoms with E-state index < -0.39 is 0 Å². The van der Waals surface area contributed by atoms with E-state index in [9.17, 15) is 0 Å². The van der Waals surface area contributed by atoms with Crippen molar-refractivity contribution in [3.05, 3.63) is 7.43 Å². The van der Waals surface area contributed by atoms with E-state index in [0.717, 1.165) is 0 Å². The van der Waals surface area contributed by atoms with Crippen LogP contribution < -0.4 is 0 Å². The van der Waals surface area contributed by atoms with Crippen LogP contribution >= 0.6 is 0 Å². The second-order valence-corrected chi connectivity index (χ2v) is 0. The van der Waals surface area contributed by atoms with Gasteiger partial charge in [0, 0.05) is 146 Å². The topological polar surface area (TPSA) is 0 Å². The van der Waals surface area contributed by atoms with Crippen LogP contribution in [0, 0.1) is 121 Å². The molecule has 0 aliphatic heterocycles. The molecule has 0 bridgehead atoms. The van der Waals surface area contributed by atoms with Crippen molar-refractivity contribution in [3.8, 4) is 0 Å². The molecule has 0 fully saturated rings. The molecule has 0 aromatic carbocycles. The summed E-state index contributed by atoms with van der Waals surface area (Å²) < 4.78 is 0. The summed E-state index contributed by atoms with van der Waals surface area (Å²) in [6.07, 6.45) is 0. The van der Waals surface area contributed by atoms with Gasteiger partial charge < -0.3 is 7.43 Å². The van der Waals surface area contributed by atoms with Gasteiger partial charge in [-0.2, -0.15) is 0 Å². The molecule has 0 rings (SSSR count). The van der Waals surface area contributed by atoms with Crippen LogP contribution in [0.1, 0.15) is 27.7 Å². The molecule has 9 heavy (non-hydrogen) atoms. The average Bonchev–Trinajstić information content (AvgIpc) is 1.50. The van der Waals surface area contributed by atoms with Crippen molar-refractivity contribution in [2.45, 2.75) is 27.7 Å². The quantitative estimate of drug-likeness (QED) is 0.599. The van der Waals surface area contributed by atoms with Gasteiger partial charge in [0.05, 0.1) is 0 Å². The van der Waals surface area contributed by atoms with Crippen molar-refractivity contribution in [2.24, 2.45) is 0 Å². The van der Waals surface area contributed by atoms with Crippen molar-refractivity contribution in [2.75, 3.05) is 0 Å². The molecule has 0 aliphatic carbocycles. The van der Waals surface area contributed by atoms with E-state index in [4.69, 9.17) is 0 Å². The van der Waals surface area contributed by atoms with Crippen LogP contribution in [0.4, 0.5) is 0 Å². The number of hydrogen-bond acceptors (Lipinski definition) is 0. The van der Waals surface area contributed by atoms with Crippen LogP contribution in [0.25, 0.3) is 0 Å². The van der Waals surface area contributed by atoms with Gasteiger partial charge in [-0.3, -0.25) is 0 Å². The van der Waals surface area contributed by atoms with Gasteiger partial charge in [0.1, 0.15) is 0 Å². The number of hydrogen-bond donors (Lipinski definition) is 0. The van der Waals surface area contributed by atoms with Gasteiger partial charge >= 0.3 is 0 Å². The van der Waals surface area contributed by atoms with Gasteiger partial charge in [-0.05, 0) is 0 Å². The number of rotatable bonds is 0. The first-order valence-corrected chi connectivity index (χ1v) is 2.00. The third-order valence-corrected chi connectivity index (χ3v) is 0. The Morgan fingerprint density at radius 2 is 0.556 bits per heavy atom. The summed E-state index contributed by atoms with van der Waals surface area (Å²) in [5.41, 5.74) is 0. The minimum atomic E-state index is 0. The Labute approximate surface area is 176 Å². The zero-order chi connectivity index (χ0) is 4.00. The zero-order valence-electron chi connectivity index (χ0n) is 6.64. The molecule has 0 N–H and O–H groups in total. The SMILES string of the molecule is CC.CC.[Ar].[Ar].[Ar].[CH3-].[Y]. The van der Waals surface area contributed by atoms with Crippen molar-refractivity contribution in [3.63, 3.8) is 0 Å². The van der Waals surface area contributed by atoms with Crippen LogP contribution in [0.2, 0.25) is 0 Å². The predicted molar refractivity (Wildman–Crippen MR) is 29.1 cm³/mol. The molecular formula is C5H15Ar3Y-. The molecule has 0 heterocycles. The maximum atomic E-state index is 2.00. The fourth-order valence-electron chi connectivity index (χ4n) is 0. The molecule has 0 nitrogen and oxygen atoms in total.